The number of rotatable bonds is 4. The van der Waals surface area contributed by atoms with E-state index in [4.69, 9.17) is 0 Å². The summed E-state index contributed by atoms with van der Waals surface area (Å²) in [7, 11) is 0. The second kappa shape index (κ2) is 9.57. The number of piperidine rings is 1. The van der Waals surface area contributed by atoms with Gasteiger partial charge in [0.1, 0.15) is 5.82 Å². The van der Waals surface area contributed by atoms with Crippen LogP contribution in [0, 0.1) is 32.5 Å². The molecule has 0 bridgehead atoms. The topological polar surface area (TPSA) is 49.4 Å². The Labute approximate surface area is 194 Å². The maximum absolute atomic E-state index is 14.7. The van der Waals surface area contributed by atoms with E-state index in [1.54, 1.807) is 24.0 Å². The van der Waals surface area contributed by atoms with Gasteiger partial charge in [0.2, 0.25) is 5.91 Å². The number of benzene rings is 3. The number of carbonyl (C=O) groups excluding carboxylic acids is 2. The second-order valence-corrected chi connectivity index (χ2v) is 8.82. The first-order valence-electron chi connectivity index (χ1n) is 11.4. The van der Waals surface area contributed by atoms with Crippen molar-refractivity contribution in [3.05, 3.63) is 100 Å². The minimum Gasteiger partial charge on any atom is -0.331 e. The number of carbonyl (C=O) groups is 2. The van der Waals surface area contributed by atoms with E-state index in [9.17, 15) is 14.0 Å². The summed E-state index contributed by atoms with van der Waals surface area (Å²) < 4.78 is 14.7. The van der Waals surface area contributed by atoms with E-state index in [1.165, 1.54) is 6.07 Å². The van der Waals surface area contributed by atoms with Crippen LogP contribution in [0.4, 0.5) is 10.1 Å². The molecule has 3 aromatic carbocycles. The first-order valence-corrected chi connectivity index (χ1v) is 11.4. The molecule has 0 radical (unpaired) electrons. The summed E-state index contributed by atoms with van der Waals surface area (Å²) in [6.07, 6.45) is 1.32. The number of halogens is 1. The predicted molar refractivity (Wildman–Crippen MR) is 129 cm³/mol. The van der Waals surface area contributed by atoms with Crippen molar-refractivity contribution in [2.45, 2.75) is 39.7 Å². The van der Waals surface area contributed by atoms with Crippen molar-refractivity contribution in [1.82, 2.24) is 4.90 Å². The zero-order valence-electron chi connectivity index (χ0n) is 19.3. The second-order valence-electron chi connectivity index (χ2n) is 8.82. The summed E-state index contributed by atoms with van der Waals surface area (Å²) >= 11 is 0. The number of hydrogen-bond acceptors (Lipinski definition) is 2. The molecule has 5 heteroatoms. The minimum absolute atomic E-state index is 0.0775. The molecule has 33 heavy (non-hydrogen) atoms. The molecule has 4 nitrogen and oxygen atoms in total. The number of hydrogen-bond donors (Lipinski definition) is 1. The van der Waals surface area contributed by atoms with Crippen molar-refractivity contribution in [3.63, 3.8) is 0 Å². The molecule has 4 rings (SSSR count). The highest BCUT2D eigenvalue weighted by Gasteiger charge is 2.40. The SMILES string of the molecule is Cc1ccc(NC(=O)[C@H]2CCCN(C(=O)c3c(C)cccc3F)[C@H]2c2ccccc2)cc1C. The lowest BCUT2D eigenvalue weighted by Gasteiger charge is -2.41. The highest BCUT2D eigenvalue weighted by atomic mass is 19.1. The van der Waals surface area contributed by atoms with Crippen molar-refractivity contribution in [2.24, 2.45) is 5.92 Å². The molecule has 0 aliphatic carbocycles. The van der Waals surface area contributed by atoms with E-state index in [-0.39, 0.29) is 17.4 Å². The Morgan fingerprint density at radius 3 is 2.36 bits per heavy atom. The van der Waals surface area contributed by atoms with Gasteiger partial charge in [0.05, 0.1) is 17.5 Å². The van der Waals surface area contributed by atoms with E-state index in [2.05, 4.69) is 5.32 Å². The molecule has 170 valence electrons. The predicted octanol–water partition coefficient (Wildman–Crippen LogP) is 5.98. The molecule has 1 aliphatic heterocycles. The number of nitrogens with one attached hydrogen (secondary N) is 1. The van der Waals surface area contributed by atoms with Crippen molar-refractivity contribution in [2.75, 3.05) is 11.9 Å². The molecule has 0 saturated carbocycles. The normalized spacial score (nSPS) is 18.1. The fourth-order valence-electron chi connectivity index (χ4n) is 4.66. The minimum atomic E-state index is -0.534. The van der Waals surface area contributed by atoms with Gasteiger partial charge < -0.3 is 10.2 Å². The third-order valence-electron chi connectivity index (χ3n) is 6.58. The lowest BCUT2D eigenvalue weighted by molar-refractivity contribution is -0.123. The molecule has 0 aromatic heterocycles. The van der Waals surface area contributed by atoms with E-state index in [0.29, 0.717) is 24.9 Å². The fourth-order valence-corrected chi connectivity index (χ4v) is 4.66. The maximum atomic E-state index is 14.7. The quantitative estimate of drug-likeness (QED) is 0.538. The van der Waals surface area contributed by atoms with Crippen LogP contribution in [0.3, 0.4) is 0 Å². The zero-order chi connectivity index (χ0) is 23.5. The van der Waals surface area contributed by atoms with Gasteiger partial charge in [-0.3, -0.25) is 9.59 Å². The number of nitrogens with zero attached hydrogens (tertiary/aromatic N) is 1. The third kappa shape index (κ3) is 4.68. The van der Waals surface area contributed by atoms with Crippen LogP contribution in [0.2, 0.25) is 0 Å². The Balaban J connectivity index is 1.70. The summed E-state index contributed by atoms with van der Waals surface area (Å²) in [5, 5.41) is 3.05. The van der Waals surface area contributed by atoms with Gasteiger partial charge in [0.25, 0.3) is 5.91 Å². The molecule has 1 aliphatic rings. The third-order valence-corrected chi connectivity index (χ3v) is 6.58. The summed E-state index contributed by atoms with van der Waals surface area (Å²) in [6.45, 7) is 6.25. The monoisotopic (exact) mass is 444 g/mol. The molecular weight excluding hydrogens is 415 g/mol. The van der Waals surface area contributed by atoms with E-state index in [1.807, 2.05) is 62.4 Å². The number of likely N-dealkylation sites (tertiary alicyclic amines) is 1. The van der Waals surface area contributed by atoms with Gasteiger partial charge in [-0.25, -0.2) is 4.39 Å². The van der Waals surface area contributed by atoms with Crippen molar-refractivity contribution >= 4 is 17.5 Å². The van der Waals surface area contributed by atoms with Crippen LogP contribution in [0.1, 0.15) is 51.5 Å². The van der Waals surface area contributed by atoms with Crippen LogP contribution in [0.15, 0.2) is 66.7 Å². The Morgan fingerprint density at radius 1 is 0.909 bits per heavy atom. The van der Waals surface area contributed by atoms with Crippen LogP contribution >= 0.6 is 0 Å². The first kappa shape index (κ1) is 22.7. The van der Waals surface area contributed by atoms with Crippen LogP contribution in [0.25, 0.3) is 0 Å². The smallest absolute Gasteiger partial charge is 0.257 e. The van der Waals surface area contributed by atoms with Crippen LogP contribution in [0.5, 0.6) is 0 Å². The van der Waals surface area contributed by atoms with Gasteiger partial charge in [-0.05, 0) is 74.1 Å². The molecule has 1 N–H and O–H groups in total. The Morgan fingerprint density at radius 2 is 1.67 bits per heavy atom. The van der Waals surface area contributed by atoms with E-state index in [0.717, 1.165) is 22.4 Å². The summed E-state index contributed by atoms with van der Waals surface area (Å²) in [6, 6.07) is 19.6. The van der Waals surface area contributed by atoms with E-state index >= 15 is 0 Å². The summed E-state index contributed by atoms with van der Waals surface area (Å²) in [5.74, 6) is -1.48. The standard InChI is InChI=1S/C28H29FN2O2/c1-18-14-15-22(17-20(18)3)30-27(32)23-12-8-16-31(26(23)21-10-5-4-6-11-21)28(33)25-19(2)9-7-13-24(25)29/h4-7,9-11,13-15,17,23,26H,8,12,16H2,1-3H3,(H,30,32)/t23-,26-/m0/s1. The number of anilines is 1. The molecule has 2 amide bonds. The van der Waals surface area contributed by atoms with Gasteiger partial charge in [-0.2, -0.15) is 0 Å². The highest BCUT2D eigenvalue weighted by molar-refractivity contribution is 5.98. The van der Waals surface area contributed by atoms with Gasteiger partial charge in [0.15, 0.2) is 0 Å². The first-order chi connectivity index (χ1) is 15.9. The van der Waals surface area contributed by atoms with Crippen molar-refractivity contribution < 1.29 is 14.0 Å². The van der Waals surface area contributed by atoms with Gasteiger partial charge >= 0.3 is 0 Å². The number of aryl methyl sites for hydroxylation is 3. The average molecular weight is 445 g/mol. The summed E-state index contributed by atoms with van der Waals surface area (Å²) in [5.41, 5.74) is 4.54. The molecule has 3 aromatic rings. The van der Waals surface area contributed by atoms with Crippen LogP contribution in [-0.4, -0.2) is 23.3 Å². The lowest BCUT2D eigenvalue weighted by atomic mass is 9.83. The van der Waals surface area contributed by atoms with Gasteiger partial charge in [0, 0.05) is 12.2 Å². The highest BCUT2D eigenvalue weighted by Crippen LogP contribution is 2.38. The largest absolute Gasteiger partial charge is 0.331 e. The van der Waals surface area contributed by atoms with Crippen molar-refractivity contribution in [1.29, 1.82) is 0 Å². The average Bonchev–Trinajstić information content (AvgIpc) is 2.81. The molecule has 0 unspecified atom stereocenters. The Bertz CT molecular complexity index is 1160. The van der Waals surface area contributed by atoms with Crippen LogP contribution < -0.4 is 5.32 Å². The lowest BCUT2D eigenvalue weighted by Crippen LogP contribution is -2.46. The molecule has 2 atom stereocenters. The molecule has 0 spiro atoms. The van der Waals surface area contributed by atoms with Gasteiger partial charge in [-0.1, -0.05) is 48.5 Å². The fraction of sp³-hybridized carbons (Fsp3) is 0.286. The zero-order valence-corrected chi connectivity index (χ0v) is 19.3. The number of amides is 2. The van der Waals surface area contributed by atoms with Crippen molar-refractivity contribution in [3.8, 4) is 0 Å². The molecular formula is C28H29FN2O2. The summed E-state index contributed by atoms with van der Waals surface area (Å²) in [4.78, 5) is 28.7. The maximum Gasteiger partial charge on any atom is 0.257 e. The van der Waals surface area contributed by atoms with E-state index < -0.39 is 17.8 Å². The molecule has 1 fully saturated rings. The Hall–Kier alpha value is -3.47. The Kier molecular flexibility index (Phi) is 6.59. The molecule has 1 saturated heterocycles. The molecule has 1 heterocycles. The van der Waals surface area contributed by atoms with Gasteiger partial charge in [-0.15, -0.1) is 0 Å². The van der Waals surface area contributed by atoms with Crippen LogP contribution in [-0.2, 0) is 4.79 Å².